The van der Waals surface area contributed by atoms with Gasteiger partial charge in [0, 0.05) is 0 Å². The Morgan fingerprint density at radius 2 is 1.05 bits per heavy atom. The van der Waals surface area contributed by atoms with Crippen LogP contribution in [-0.4, -0.2) is 32.6 Å². The molecule has 0 aliphatic rings. The highest BCUT2D eigenvalue weighted by atomic mass is 79.9. The van der Waals surface area contributed by atoms with Crippen molar-refractivity contribution in [3.63, 3.8) is 0 Å². The van der Waals surface area contributed by atoms with Gasteiger partial charge < -0.3 is 19.7 Å². The number of hydrogen-bond acceptors (Lipinski definition) is 4. The minimum atomic E-state index is -1.26. The molecule has 0 bridgehead atoms. The quantitative estimate of drug-likeness (QED) is 0.280. The Morgan fingerprint density at radius 1 is 0.750 bits per heavy atom. The molecular weight excluding hydrogens is 400 g/mol. The van der Waals surface area contributed by atoms with Crippen LogP contribution in [0.3, 0.4) is 0 Å². The largest absolute Gasteiger partial charge is 0.506 e. The Balaban J connectivity index is 3.28. The molecule has 0 saturated heterocycles. The first kappa shape index (κ1) is 19.5. The van der Waals surface area contributed by atoms with Crippen LogP contribution in [0.25, 0.3) is 0 Å². The fourth-order valence-corrected chi connectivity index (χ4v) is 2.62. The molecule has 0 aromatic rings. The van der Waals surface area contributed by atoms with Gasteiger partial charge in [-0.2, -0.15) is 0 Å². The fourth-order valence-electron chi connectivity index (χ4n) is 1.65. The standard InChI is InChI=1S/C12H20Br2O6/c13-9(19-11(15)16)7-5-3-1-2-4-6-8-10(14)20-12(17)18/h9-10H,1-8H2,(H,15,16)(H,17,18). The van der Waals surface area contributed by atoms with Crippen molar-refractivity contribution in [2.24, 2.45) is 0 Å². The van der Waals surface area contributed by atoms with Crippen LogP contribution in [0.15, 0.2) is 0 Å². The molecule has 0 spiro atoms. The second-order valence-electron chi connectivity index (χ2n) is 4.29. The second kappa shape index (κ2) is 12.3. The van der Waals surface area contributed by atoms with Gasteiger partial charge in [0.25, 0.3) is 0 Å². The van der Waals surface area contributed by atoms with Crippen LogP contribution < -0.4 is 0 Å². The molecular formula is C12H20Br2O6. The van der Waals surface area contributed by atoms with Gasteiger partial charge in [0.05, 0.1) is 0 Å². The molecule has 0 heterocycles. The highest BCUT2D eigenvalue weighted by Crippen LogP contribution is 2.16. The summed E-state index contributed by atoms with van der Waals surface area (Å²) in [6, 6.07) is 0. The van der Waals surface area contributed by atoms with Crippen LogP contribution in [-0.2, 0) is 9.47 Å². The van der Waals surface area contributed by atoms with E-state index < -0.39 is 22.3 Å². The fraction of sp³-hybridized carbons (Fsp3) is 0.833. The van der Waals surface area contributed by atoms with Crippen molar-refractivity contribution < 1.29 is 29.3 Å². The Morgan fingerprint density at radius 3 is 1.35 bits per heavy atom. The number of carboxylic acid groups (broad SMARTS) is 2. The number of alkyl halides is 2. The number of ether oxygens (including phenoxy) is 2. The predicted molar refractivity (Wildman–Crippen MR) is 80.6 cm³/mol. The first-order valence-corrected chi connectivity index (χ1v) is 8.32. The van der Waals surface area contributed by atoms with Crippen LogP contribution in [0.1, 0.15) is 51.4 Å². The summed E-state index contributed by atoms with van der Waals surface area (Å²) < 4.78 is 9.04. The molecule has 0 aliphatic heterocycles. The first-order valence-electron chi connectivity index (χ1n) is 6.49. The van der Waals surface area contributed by atoms with Crippen LogP contribution in [0.4, 0.5) is 9.59 Å². The molecule has 2 unspecified atom stereocenters. The monoisotopic (exact) mass is 418 g/mol. The maximum absolute atomic E-state index is 10.2. The SMILES string of the molecule is O=C(O)OC(Br)CCCCCCCCC(Br)OC(=O)O. The minimum absolute atomic E-state index is 0.428. The van der Waals surface area contributed by atoms with Crippen molar-refractivity contribution in [2.75, 3.05) is 0 Å². The summed E-state index contributed by atoms with van der Waals surface area (Å²) in [6.07, 6.45) is 4.81. The zero-order chi connectivity index (χ0) is 15.4. The van der Waals surface area contributed by atoms with E-state index in [1.54, 1.807) is 0 Å². The van der Waals surface area contributed by atoms with E-state index >= 15 is 0 Å². The van der Waals surface area contributed by atoms with Gasteiger partial charge in [0.15, 0.2) is 10.0 Å². The molecule has 0 radical (unpaired) electrons. The summed E-state index contributed by atoms with van der Waals surface area (Å²) >= 11 is 6.28. The molecule has 0 amide bonds. The van der Waals surface area contributed by atoms with E-state index in [1.807, 2.05) is 0 Å². The summed E-state index contributed by atoms with van der Waals surface area (Å²) in [5, 5.41) is 15.9. The predicted octanol–water partition coefficient (Wildman–Crippen LogP) is 4.94. The van der Waals surface area contributed by atoms with Gasteiger partial charge in [0.2, 0.25) is 0 Å². The third-order valence-electron chi connectivity index (χ3n) is 2.57. The molecule has 20 heavy (non-hydrogen) atoms. The number of carbonyl (C=O) groups is 2. The van der Waals surface area contributed by atoms with Crippen LogP contribution >= 0.6 is 31.9 Å². The third kappa shape index (κ3) is 13.9. The van der Waals surface area contributed by atoms with E-state index in [0.29, 0.717) is 12.8 Å². The Bertz CT molecular complexity index is 259. The van der Waals surface area contributed by atoms with Crippen molar-refractivity contribution in [1.82, 2.24) is 0 Å². The summed E-state index contributed by atoms with van der Waals surface area (Å²) in [6.45, 7) is 0. The van der Waals surface area contributed by atoms with Crippen molar-refractivity contribution in [2.45, 2.75) is 61.4 Å². The summed E-state index contributed by atoms with van der Waals surface area (Å²) in [4.78, 5) is 20.5. The average Bonchev–Trinajstić information content (AvgIpc) is 2.30. The number of unbranched alkanes of at least 4 members (excludes halogenated alkanes) is 5. The van der Waals surface area contributed by atoms with Gasteiger partial charge >= 0.3 is 12.3 Å². The van der Waals surface area contributed by atoms with E-state index in [2.05, 4.69) is 41.3 Å². The lowest BCUT2D eigenvalue weighted by atomic mass is 10.1. The highest BCUT2D eigenvalue weighted by Gasteiger charge is 2.09. The molecule has 2 atom stereocenters. The zero-order valence-electron chi connectivity index (χ0n) is 11.1. The normalized spacial score (nSPS) is 13.5. The maximum Gasteiger partial charge on any atom is 0.506 e. The molecule has 2 N–H and O–H groups in total. The first-order chi connectivity index (χ1) is 9.41. The van der Waals surface area contributed by atoms with E-state index in [1.165, 1.54) is 0 Å². The average molecular weight is 420 g/mol. The van der Waals surface area contributed by atoms with Crippen molar-refractivity contribution in [3.8, 4) is 0 Å². The number of halogens is 2. The van der Waals surface area contributed by atoms with E-state index in [4.69, 9.17) is 10.2 Å². The minimum Gasteiger partial charge on any atom is -0.450 e. The van der Waals surface area contributed by atoms with Gasteiger partial charge in [-0.3, -0.25) is 0 Å². The number of hydrogen-bond donors (Lipinski definition) is 2. The van der Waals surface area contributed by atoms with Crippen molar-refractivity contribution in [3.05, 3.63) is 0 Å². The summed E-state index contributed by atoms with van der Waals surface area (Å²) in [7, 11) is 0. The lowest BCUT2D eigenvalue weighted by molar-refractivity contribution is 0.0795. The van der Waals surface area contributed by atoms with Gasteiger partial charge in [0.1, 0.15) is 0 Å². The van der Waals surface area contributed by atoms with E-state index in [-0.39, 0.29) is 0 Å². The summed E-state index contributed by atoms with van der Waals surface area (Å²) in [5.41, 5.74) is 0. The Kier molecular flexibility index (Phi) is 12.0. The zero-order valence-corrected chi connectivity index (χ0v) is 14.3. The second-order valence-corrected chi connectivity index (χ2v) is 6.33. The highest BCUT2D eigenvalue weighted by molar-refractivity contribution is 9.09. The topological polar surface area (TPSA) is 93.1 Å². The van der Waals surface area contributed by atoms with Crippen LogP contribution in [0.5, 0.6) is 0 Å². The Hall–Kier alpha value is -0.500. The van der Waals surface area contributed by atoms with Gasteiger partial charge in [-0.15, -0.1) is 0 Å². The third-order valence-corrected chi connectivity index (χ3v) is 3.86. The number of rotatable bonds is 11. The molecule has 0 aromatic carbocycles. The molecule has 6 nitrogen and oxygen atoms in total. The molecule has 0 aromatic heterocycles. The van der Waals surface area contributed by atoms with E-state index in [0.717, 1.165) is 38.5 Å². The molecule has 8 heteroatoms. The van der Waals surface area contributed by atoms with Crippen LogP contribution in [0, 0.1) is 0 Å². The maximum atomic E-state index is 10.2. The molecule has 0 fully saturated rings. The molecule has 0 aliphatic carbocycles. The van der Waals surface area contributed by atoms with Crippen molar-refractivity contribution in [1.29, 1.82) is 0 Å². The van der Waals surface area contributed by atoms with Gasteiger partial charge in [-0.25, -0.2) is 9.59 Å². The van der Waals surface area contributed by atoms with Gasteiger partial charge in [-0.1, -0.05) is 25.7 Å². The molecule has 118 valence electrons. The smallest absolute Gasteiger partial charge is 0.450 e. The van der Waals surface area contributed by atoms with Gasteiger partial charge in [-0.05, 0) is 57.5 Å². The Labute approximate surface area is 135 Å². The van der Waals surface area contributed by atoms with Crippen LogP contribution in [0.2, 0.25) is 0 Å². The molecule has 0 saturated carbocycles. The lowest BCUT2D eigenvalue weighted by Crippen LogP contribution is -2.09. The molecule has 0 rings (SSSR count). The lowest BCUT2D eigenvalue weighted by Gasteiger charge is -2.09. The van der Waals surface area contributed by atoms with E-state index in [9.17, 15) is 9.59 Å². The summed E-state index contributed by atoms with van der Waals surface area (Å²) in [5.74, 6) is 0. The van der Waals surface area contributed by atoms with Crippen molar-refractivity contribution >= 4 is 44.2 Å².